The summed E-state index contributed by atoms with van der Waals surface area (Å²) in [6.45, 7) is 3.09. The Balaban J connectivity index is 1.87. The van der Waals surface area contributed by atoms with Gasteiger partial charge in [0.2, 0.25) is 0 Å². The lowest BCUT2D eigenvalue weighted by Crippen LogP contribution is -2.42. The molecule has 1 aliphatic rings. The first-order chi connectivity index (χ1) is 17.6. The minimum Gasteiger partial charge on any atom is -0.508 e. The Morgan fingerprint density at radius 3 is 2.32 bits per heavy atom. The van der Waals surface area contributed by atoms with E-state index < -0.39 is 23.6 Å². The quantitative estimate of drug-likeness (QED) is 0.304. The number of hydrogen-bond acceptors (Lipinski definition) is 8. The number of methoxy groups -OCH3 is 2. The first-order valence-electron chi connectivity index (χ1n) is 11.9. The van der Waals surface area contributed by atoms with Crippen LogP contribution in [0.5, 0.6) is 23.0 Å². The Labute approximate surface area is 215 Å². The minimum absolute atomic E-state index is 0.0212. The average Bonchev–Trinajstić information content (AvgIpc) is 3.28. The van der Waals surface area contributed by atoms with Crippen molar-refractivity contribution in [3.8, 4) is 23.0 Å². The van der Waals surface area contributed by atoms with Crippen molar-refractivity contribution in [3.63, 3.8) is 0 Å². The molecule has 3 N–H and O–H groups in total. The fourth-order valence-electron chi connectivity index (χ4n) is 4.79. The zero-order chi connectivity index (χ0) is 26.9. The number of benzene rings is 3. The first kappa shape index (κ1) is 26.0. The Hall–Kier alpha value is -4.04. The lowest BCUT2D eigenvalue weighted by molar-refractivity contribution is -0.0301. The summed E-state index contributed by atoms with van der Waals surface area (Å²) < 4.78 is 16.6. The zero-order valence-corrected chi connectivity index (χ0v) is 21.1. The molecular weight excluding hydrogens is 476 g/mol. The summed E-state index contributed by atoms with van der Waals surface area (Å²) >= 11 is 0. The van der Waals surface area contributed by atoms with Crippen molar-refractivity contribution in [3.05, 3.63) is 82.4 Å². The topological polar surface area (TPSA) is 123 Å². The normalized spacial score (nSPS) is 16.6. The van der Waals surface area contributed by atoms with Crippen LogP contribution in [-0.4, -0.2) is 53.0 Å². The van der Waals surface area contributed by atoms with Gasteiger partial charge in [-0.15, -0.1) is 0 Å². The van der Waals surface area contributed by atoms with Crippen molar-refractivity contribution >= 4 is 11.8 Å². The van der Waals surface area contributed by atoms with Gasteiger partial charge in [-0.2, -0.15) is 0 Å². The second-order valence-corrected chi connectivity index (χ2v) is 9.56. The summed E-state index contributed by atoms with van der Waals surface area (Å²) in [5, 5.41) is 32.7. The third-order valence-corrected chi connectivity index (χ3v) is 6.58. The molecule has 8 nitrogen and oxygen atoms in total. The summed E-state index contributed by atoms with van der Waals surface area (Å²) in [6.07, 6.45) is -0.418. The molecular formula is C29H30O8. The van der Waals surface area contributed by atoms with Gasteiger partial charge in [0.15, 0.2) is 5.78 Å². The highest BCUT2D eigenvalue weighted by Gasteiger charge is 2.49. The molecule has 0 saturated carbocycles. The predicted octanol–water partition coefficient (Wildman–Crippen LogP) is 4.37. The highest BCUT2D eigenvalue weighted by molar-refractivity contribution is 6.02. The van der Waals surface area contributed by atoms with Gasteiger partial charge in [0.25, 0.3) is 0 Å². The Morgan fingerprint density at radius 1 is 1.00 bits per heavy atom. The third kappa shape index (κ3) is 4.97. The van der Waals surface area contributed by atoms with E-state index in [0.717, 1.165) is 5.56 Å². The first-order valence-corrected chi connectivity index (χ1v) is 11.9. The van der Waals surface area contributed by atoms with Crippen molar-refractivity contribution in [1.82, 2.24) is 0 Å². The minimum atomic E-state index is -1.46. The maximum atomic E-state index is 13.4. The van der Waals surface area contributed by atoms with Crippen molar-refractivity contribution in [2.24, 2.45) is 0 Å². The lowest BCUT2D eigenvalue weighted by atomic mass is 9.80. The monoisotopic (exact) mass is 506 g/mol. The average molecular weight is 507 g/mol. The van der Waals surface area contributed by atoms with Gasteiger partial charge >= 0.3 is 5.97 Å². The molecule has 0 bridgehead atoms. The van der Waals surface area contributed by atoms with Crippen LogP contribution in [0.3, 0.4) is 0 Å². The molecule has 0 aliphatic carbocycles. The summed E-state index contributed by atoms with van der Waals surface area (Å²) in [5.41, 5.74) is 0.344. The third-order valence-electron chi connectivity index (χ3n) is 6.58. The van der Waals surface area contributed by atoms with Gasteiger partial charge < -0.3 is 29.5 Å². The number of rotatable bonds is 8. The number of hydrogen-bond donors (Lipinski definition) is 3. The number of phenolic OH excluding ortho intramolecular Hbond substituents is 2. The van der Waals surface area contributed by atoms with E-state index in [1.165, 1.54) is 38.5 Å². The van der Waals surface area contributed by atoms with Crippen molar-refractivity contribution in [2.75, 3.05) is 14.2 Å². The van der Waals surface area contributed by atoms with Crippen LogP contribution >= 0.6 is 0 Å². The van der Waals surface area contributed by atoms with Crippen LogP contribution in [0.15, 0.2) is 54.6 Å². The zero-order valence-electron chi connectivity index (χ0n) is 21.1. The molecule has 2 atom stereocenters. The highest BCUT2D eigenvalue weighted by Crippen LogP contribution is 2.55. The van der Waals surface area contributed by atoms with Crippen LogP contribution in [0.4, 0.5) is 0 Å². The SMILES string of the molecule is COC(=O)c1ccc(O)c([C@@H]2c3c(OC)cc(O)c(C(=O)CCc4ccccc4)c3O[C@@H]2C(C)(C)O)c1. The van der Waals surface area contributed by atoms with Gasteiger partial charge in [-0.25, -0.2) is 4.79 Å². The number of aryl methyl sites for hydroxylation is 1. The van der Waals surface area contributed by atoms with Crippen LogP contribution in [0.2, 0.25) is 0 Å². The standard InChI is InChI=1S/C29H30O8/c1-29(2,34)27-23(18-14-17(28(33)36-4)11-13-19(18)30)25-22(35-3)15-21(32)24(26(25)37-27)20(31)12-10-16-8-6-5-7-9-16/h5-9,11,13-15,23,27,30,32,34H,10,12H2,1-4H3/t23-,27+/m1/s1. The number of aromatic hydroxyl groups is 2. The van der Waals surface area contributed by atoms with Gasteiger partial charge in [-0.05, 0) is 44.0 Å². The van der Waals surface area contributed by atoms with Crippen molar-refractivity contribution in [1.29, 1.82) is 0 Å². The molecule has 1 aliphatic heterocycles. The second kappa shape index (κ2) is 10.1. The van der Waals surface area contributed by atoms with Gasteiger partial charge in [0.1, 0.15) is 34.7 Å². The number of Topliss-reactive ketones (excluding diaryl/α,β-unsaturated/α-hetero) is 1. The molecule has 3 aromatic rings. The molecule has 0 spiro atoms. The summed E-state index contributed by atoms with van der Waals surface area (Å²) in [6, 6.07) is 15.1. The van der Waals surface area contributed by atoms with E-state index >= 15 is 0 Å². The van der Waals surface area contributed by atoms with Crippen LogP contribution < -0.4 is 9.47 Å². The molecule has 4 rings (SSSR count). The van der Waals surface area contributed by atoms with E-state index in [-0.39, 0.29) is 51.9 Å². The highest BCUT2D eigenvalue weighted by atomic mass is 16.5. The van der Waals surface area contributed by atoms with Crippen LogP contribution in [0.25, 0.3) is 0 Å². The van der Waals surface area contributed by atoms with E-state index in [9.17, 15) is 24.9 Å². The van der Waals surface area contributed by atoms with Crippen molar-refractivity contribution < 1.29 is 39.1 Å². The largest absolute Gasteiger partial charge is 0.508 e. The maximum Gasteiger partial charge on any atom is 0.337 e. The number of carbonyl (C=O) groups excluding carboxylic acids is 2. The fourth-order valence-corrected chi connectivity index (χ4v) is 4.79. The van der Waals surface area contributed by atoms with E-state index in [1.807, 2.05) is 30.3 Å². The fraction of sp³-hybridized carbons (Fsp3) is 0.310. The number of carbonyl (C=O) groups is 2. The van der Waals surface area contributed by atoms with Crippen LogP contribution in [-0.2, 0) is 11.2 Å². The number of aliphatic hydroxyl groups is 1. The molecule has 0 fully saturated rings. The molecule has 0 aromatic heterocycles. The molecule has 0 radical (unpaired) electrons. The van der Waals surface area contributed by atoms with Crippen LogP contribution in [0, 0.1) is 0 Å². The molecule has 37 heavy (non-hydrogen) atoms. The smallest absolute Gasteiger partial charge is 0.337 e. The van der Waals surface area contributed by atoms with Gasteiger partial charge in [0.05, 0.1) is 31.3 Å². The summed E-state index contributed by atoms with van der Waals surface area (Å²) in [5.74, 6) is -1.94. The van der Waals surface area contributed by atoms with Gasteiger partial charge in [0, 0.05) is 23.6 Å². The molecule has 0 amide bonds. The number of esters is 1. The van der Waals surface area contributed by atoms with E-state index in [0.29, 0.717) is 12.0 Å². The molecule has 0 unspecified atom stereocenters. The van der Waals surface area contributed by atoms with E-state index in [1.54, 1.807) is 13.8 Å². The van der Waals surface area contributed by atoms with E-state index in [2.05, 4.69) is 0 Å². The van der Waals surface area contributed by atoms with Gasteiger partial charge in [-0.1, -0.05) is 30.3 Å². The summed E-state index contributed by atoms with van der Waals surface area (Å²) in [7, 11) is 2.66. The Bertz CT molecular complexity index is 1320. The molecule has 1 heterocycles. The summed E-state index contributed by atoms with van der Waals surface area (Å²) in [4.78, 5) is 25.6. The van der Waals surface area contributed by atoms with E-state index in [4.69, 9.17) is 14.2 Å². The van der Waals surface area contributed by atoms with Gasteiger partial charge in [-0.3, -0.25) is 4.79 Å². The maximum absolute atomic E-state index is 13.4. The Morgan fingerprint density at radius 2 is 1.70 bits per heavy atom. The molecule has 0 saturated heterocycles. The number of ether oxygens (including phenoxy) is 3. The lowest BCUT2D eigenvalue weighted by Gasteiger charge is -2.30. The second-order valence-electron chi connectivity index (χ2n) is 9.56. The number of fused-ring (bicyclic) bond motifs is 1. The van der Waals surface area contributed by atoms with Crippen molar-refractivity contribution in [2.45, 2.75) is 44.3 Å². The Kier molecular flexibility index (Phi) is 7.14. The predicted molar refractivity (Wildman–Crippen MR) is 136 cm³/mol. The molecule has 194 valence electrons. The van der Waals surface area contributed by atoms with Crippen LogP contribution in [0.1, 0.15) is 63.6 Å². The molecule has 8 heteroatoms. The number of ketones is 1. The molecule has 3 aromatic carbocycles. The number of phenols is 2.